The first kappa shape index (κ1) is 16.6. The van der Waals surface area contributed by atoms with Crippen molar-refractivity contribution in [3.8, 4) is 0 Å². The molecule has 0 spiro atoms. The van der Waals surface area contributed by atoms with Gasteiger partial charge in [0.2, 0.25) is 15.6 Å². The number of sulfonamides is 1. The molecule has 3 heterocycles. The Labute approximate surface area is 140 Å². The summed E-state index contributed by atoms with van der Waals surface area (Å²) < 4.78 is 71.9. The van der Waals surface area contributed by atoms with Crippen LogP contribution in [0.3, 0.4) is 0 Å². The molecule has 2 atom stereocenters. The van der Waals surface area contributed by atoms with Crippen molar-refractivity contribution in [3.63, 3.8) is 0 Å². The molecular formula is C15H13F3N2O4S. The molecule has 2 aliphatic rings. The molecule has 2 unspecified atom stereocenters. The molecule has 2 bridgehead atoms. The van der Waals surface area contributed by atoms with Gasteiger partial charge >= 0.3 is 6.18 Å². The van der Waals surface area contributed by atoms with Crippen molar-refractivity contribution in [2.24, 2.45) is 0 Å². The van der Waals surface area contributed by atoms with Crippen molar-refractivity contribution in [2.45, 2.75) is 29.6 Å². The summed E-state index contributed by atoms with van der Waals surface area (Å²) >= 11 is 0. The Morgan fingerprint density at radius 1 is 1.24 bits per heavy atom. The van der Waals surface area contributed by atoms with Gasteiger partial charge in [-0.1, -0.05) is 0 Å². The van der Waals surface area contributed by atoms with E-state index in [1.807, 2.05) is 0 Å². The zero-order chi connectivity index (χ0) is 18.0. The molecule has 134 valence electrons. The third-order valence-electron chi connectivity index (χ3n) is 4.58. The van der Waals surface area contributed by atoms with Crippen LogP contribution in [0.25, 0.3) is 10.9 Å². The Kier molecular flexibility index (Phi) is 3.50. The third-order valence-corrected chi connectivity index (χ3v) is 6.49. The first-order valence-electron chi connectivity index (χ1n) is 7.54. The first-order valence-corrected chi connectivity index (χ1v) is 8.98. The second-order valence-corrected chi connectivity index (χ2v) is 8.06. The average Bonchev–Trinajstić information content (AvgIpc) is 3.16. The predicted octanol–water partition coefficient (Wildman–Crippen LogP) is 1.71. The lowest BCUT2D eigenvalue weighted by molar-refractivity contribution is -0.136. The van der Waals surface area contributed by atoms with Crippen LogP contribution in [-0.4, -0.2) is 43.0 Å². The summed E-state index contributed by atoms with van der Waals surface area (Å²) in [4.78, 5) is 13.5. The number of nitrogens with zero attached hydrogens (tertiary/aromatic N) is 1. The van der Waals surface area contributed by atoms with Crippen LogP contribution in [-0.2, 0) is 20.9 Å². The fourth-order valence-electron chi connectivity index (χ4n) is 3.42. The summed E-state index contributed by atoms with van der Waals surface area (Å²) in [6.45, 7) is 0.487. The van der Waals surface area contributed by atoms with Gasteiger partial charge in [0, 0.05) is 23.5 Å². The van der Waals surface area contributed by atoms with Gasteiger partial charge in [0.1, 0.15) is 0 Å². The second kappa shape index (κ2) is 5.29. The molecule has 2 aromatic rings. The van der Waals surface area contributed by atoms with E-state index < -0.39 is 27.3 Å². The summed E-state index contributed by atoms with van der Waals surface area (Å²) in [5.41, 5.74) is -2.12. The number of hydrogen-bond acceptors (Lipinski definition) is 4. The number of benzene rings is 1. The zero-order valence-electron chi connectivity index (χ0n) is 12.7. The molecular weight excluding hydrogens is 361 g/mol. The van der Waals surface area contributed by atoms with Crippen LogP contribution < -0.4 is 5.56 Å². The largest absolute Gasteiger partial charge is 0.417 e. The summed E-state index contributed by atoms with van der Waals surface area (Å²) in [7, 11) is -3.94. The molecule has 25 heavy (non-hydrogen) atoms. The fourth-order valence-corrected chi connectivity index (χ4v) is 5.10. The van der Waals surface area contributed by atoms with Crippen LogP contribution in [0.4, 0.5) is 13.2 Å². The molecule has 0 radical (unpaired) electrons. The summed E-state index contributed by atoms with van der Waals surface area (Å²) in [6, 6.07) is 3.51. The van der Waals surface area contributed by atoms with E-state index in [9.17, 15) is 26.4 Å². The molecule has 1 aromatic carbocycles. The minimum atomic E-state index is -4.77. The highest BCUT2D eigenvalue weighted by Gasteiger charge is 2.45. The van der Waals surface area contributed by atoms with Gasteiger partial charge < -0.3 is 9.72 Å². The Morgan fingerprint density at radius 2 is 2.00 bits per heavy atom. The average molecular weight is 374 g/mol. The van der Waals surface area contributed by atoms with Gasteiger partial charge in [-0.05, 0) is 24.6 Å². The van der Waals surface area contributed by atoms with Gasteiger partial charge in [-0.15, -0.1) is 0 Å². The Hall–Kier alpha value is -1.91. The van der Waals surface area contributed by atoms with Gasteiger partial charge in [0.05, 0.1) is 29.2 Å². The van der Waals surface area contributed by atoms with E-state index in [1.165, 1.54) is 16.4 Å². The maximum absolute atomic E-state index is 13.2. The quantitative estimate of drug-likeness (QED) is 0.868. The lowest BCUT2D eigenvalue weighted by Gasteiger charge is -2.26. The third kappa shape index (κ3) is 2.64. The first-order chi connectivity index (χ1) is 11.7. The van der Waals surface area contributed by atoms with E-state index in [-0.39, 0.29) is 34.5 Å². The summed E-state index contributed by atoms with van der Waals surface area (Å²) in [5.74, 6) is 0. The number of rotatable bonds is 2. The number of aromatic amines is 1. The van der Waals surface area contributed by atoms with Gasteiger partial charge in [-0.25, -0.2) is 8.42 Å². The van der Waals surface area contributed by atoms with E-state index in [2.05, 4.69) is 4.98 Å². The molecule has 0 saturated carbocycles. The van der Waals surface area contributed by atoms with Gasteiger partial charge in [-0.2, -0.15) is 17.5 Å². The van der Waals surface area contributed by atoms with E-state index in [0.717, 1.165) is 6.07 Å². The molecule has 6 nitrogen and oxygen atoms in total. The summed E-state index contributed by atoms with van der Waals surface area (Å²) in [5, 5.41) is -0.353. The van der Waals surface area contributed by atoms with Gasteiger partial charge in [0.25, 0.3) is 0 Å². The Morgan fingerprint density at radius 3 is 2.60 bits per heavy atom. The number of ether oxygens (including phenoxy) is 1. The number of pyridine rings is 1. The number of aromatic nitrogens is 1. The molecule has 2 saturated heterocycles. The number of nitrogens with one attached hydrogen (secondary N) is 1. The molecule has 10 heteroatoms. The minimum Gasteiger partial charge on any atom is -0.375 e. The van der Waals surface area contributed by atoms with Crippen molar-refractivity contribution in [1.29, 1.82) is 0 Å². The van der Waals surface area contributed by atoms with Crippen LogP contribution in [0.5, 0.6) is 0 Å². The van der Waals surface area contributed by atoms with Crippen molar-refractivity contribution in [2.75, 3.05) is 13.2 Å². The topological polar surface area (TPSA) is 79.5 Å². The number of fused-ring (bicyclic) bond motifs is 3. The van der Waals surface area contributed by atoms with Crippen LogP contribution in [0.1, 0.15) is 12.0 Å². The maximum atomic E-state index is 13.2. The molecule has 0 aliphatic carbocycles. The Balaban J connectivity index is 1.86. The number of halogens is 3. The SMILES string of the molecule is O=c1cc(C(F)(F)F)c2cc(S(=O)(=O)N3CC4CC3CO4)ccc2[nH]1. The zero-order valence-corrected chi connectivity index (χ0v) is 13.5. The number of hydrogen-bond donors (Lipinski definition) is 1. The van der Waals surface area contributed by atoms with Crippen LogP contribution >= 0.6 is 0 Å². The van der Waals surface area contributed by atoms with Crippen LogP contribution in [0, 0.1) is 0 Å². The molecule has 2 aliphatic heterocycles. The highest BCUT2D eigenvalue weighted by atomic mass is 32.2. The van der Waals surface area contributed by atoms with E-state index in [1.54, 1.807) is 0 Å². The van der Waals surface area contributed by atoms with Crippen molar-refractivity contribution >= 4 is 20.9 Å². The lowest BCUT2D eigenvalue weighted by atomic mass is 10.1. The molecule has 1 aromatic heterocycles. The second-order valence-electron chi connectivity index (χ2n) is 6.17. The smallest absolute Gasteiger partial charge is 0.375 e. The van der Waals surface area contributed by atoms with Crippen molar-refractivity contribution < 1.29 is 26.3 Å². The van der Waals surface area contributed by atoms with E-state index in [0.29, 0.717) is 19.1 Å². The minimum absolute atomic E-state index is 0.0648. The molecule has 1 N–H and O–H groups in total. The van der Waals surface area contributed by atoms with Crippen LogP contribution in [0.15, 0.2) is 34.0 Å². The maximum Gasteiger partial charge on any atom is 0.417 e. The van der Waals surface area contributed by atoms with Gasteiger partial charge in [0.15, 0.2) is 0 Å². The molecule has 2 fully saturated rings. The number of H-pyrrole nitrogens is 1. The predicted molar refractivity (Wildman–Crippen MR) is 81.6 cm³/mol. The highest BCUT2D eigenvalue weighted by Crippen LogP contribution is 2.36. The Bertz CT molecular complexity index is 1020. The fraction of sp³-hybridized carbons (Fsp3) is 0.400. The van der Waals surface area contributed by atoms with E-state index >= 15 is 0 Å². The summed E-state index contributed by atoms with van der Waals surface area (Å²) in [6.07, 6.45) is -4.34. The molecule has 0 amide bonds. The normalized spacial score (nSPS) is 24.3. The number of alkyl halides is 3. The monoisotopic (exact) mass is 374 g/mol. The van der Waals surface area contributed by atoms with E-state index in [4.69, 9.17) is 4.74 Å². The highest BCUT2D eigenvalue weighted by molar-refractivity contribution is 7.89. The standard InChI is InChI=1S/C15H13F3N2O4S/c16-15(17,18)12-5-14(21)19-13-2-1-10(4-11(12)13)25(22,23)20-6-9-3-8(20)7-24-9/h1-2,4-5,8-9H,3,6-7H2,(H,19,21). The number of morpholine rings is 1. The molecule has 4 rings (SSSR count). The van der Waals surface area contributed by atoms with Gasteiger partial charge in [-0.3, -0.25) is 4.79 Å². The van der Waals surface area contributed by atoms with Crippen molar-refractivity contribution in [3.05, 3.63) is 40.2 Å². The van der Waals surface area contributed by atoms with Crippen molar-refractivity contribution in [1.82, 2.24) is 9.29 Å². The van der Waals surface area contributed by atoms with Crippen LogP contribution in [0.2, 0.25) is 0 Å². The lowest BCUT2D eigenvalue weighted by Crippen LogP contribution is -2.41.